The number of thiazole rings is 1. The lowest BCUT2D eigenvalue weighted by atomic mass is 10.3. The summed E-state index contributed by atoms with van der Waals surface area (Å²) < 4.78 is 1.24. The summed E-state index contributed by atoms with van der Waals surface area (Å²) in [5.41, 5.74) is 1.07. The van der Waals surface area contributed by atoms with E-state index in [1.54, 1.807) is 11.3 Å². The Hall–Kier alpha value is -1.52. The number of benzene rings is 2. The van der Waals surface area contributed by atoms with Crippen molar-refractivity contribution >= 4 is 38.4 Å². The van der Waals surface area contributed by atoms with Gasteiger partial charge >= 0.3 is 0 Å². The summed E-state index contributed by atoms with van der Waals surface area (Å²) in [5, 5.41) is 4.40. The molecule has 1 aromatic heterocycles. The third kappa shape index (κ3) is 3.28. The fraction of sp³-hybridized carbons (Fsp3) is 0.133. The highest BCUT2D eigenvalue weighted by Gasteiger charge is 2.01. The van der Waals surface area contributed by atoms with Gasteiger partial charge < -0.3 is 5.32 Å². The first-order valence-electron chi connectivity index (χ1n) is 6.19. The number of nitrogens with one attached hydrogen (secondary N) is 1. The standard InChI is InChI=1S/C15H14N2S2/c1-2-6-12(7-3-1)18-11-10-16-15-17-13-8-4-5-9-14(13)19-15/h1-9H,10-11H2,(H,16,17). The molecule has 19 heavy (non-hydrogen) atoms. The van der Waals surface area contributed by atoms with E-state index in [1.807, 2.05) is 23.9 Å². The van der Waals surface area contributed by atoms with Gasteiger partial charge in [-0.1, -0.05) is 41.7 Å². The molecule has 0 amide bonds. The van der Waals surface area contributed by atoms with Crippen LogP contribution in [-0.4, -0.2) is 17.3 Å². The van der Waals surface area contributed by atoms with Gasteiger partial charge in [0, 0.05) is 17.2 Å². The monoisotopic (exact) mass is 286 g/mol. The summed E-state index contributed by atoms with van der Waals surface area (Å²) in [5.74, 6) is 1.04. The van der Waals surface area contributed by atoms with Gasteiger partial charge in [-0.2, -0.15) is 0 Å². The Balaban J connectivity index is 1.52. The molecule has 0 fully saturated rings. The average Bonchev–Trinajstić information content (AvgIpc) is 2.87. The van der Waals surface area contributed by atoms with Crippen molar-refractivity contribution in [3.05, 3.63) is 54.6 Å². The van der Waals surface area contributed by atoms with Gasteiger partial charge in [0.2, 0.25) is 0 Å². The van der Waals surface area contributed by atoms with Crippen LogP contribution in [0.3, 0.4) is 0 Å². The Morgan fingerprint density at radius 1 is 1.00 bits per heavy atom. The molecule has 0 unspecified atom stereocenters. The molecule has 0 radical (unpaired) electrons. The van der Waals surface area contributed by atoms with E-state index in [2.05, 4.69) is 52.8 Å². The number of nitrogens with zero attached hydrogens (tertiary/aromatic N) is 1. The Bertz CT molecular complexity index is 616. The van der Waals surface area contributed by atoms with E-state index < -0.39 is 0 Å². The van der Waals surface area contributed by atoms with E-state index in [1.165, 1.54) is 9.60 Å². The first kappa shape index (κ1) is 12.5. The van der Waals surface area contributed by atoms with E-state index in [4.69, 9.17) is 0 Å². The Labute approximate surface area is 120 Å². The molecule has 0 bridgehead atoms. The van der Waals surface area contributed by atoms with Crippen LogP contribution in [0.5, 0.6) is 0 Å². The van der Waals surface area contributed by atoms with Crippen LogP contribution < -0.4 is 5.32 Å². The number of hydrogen-bond donors (Lipinski definition) is 1. The summed E-state index contributed by atoms with van der Waals surface area (Å²) in [6.45, 7) is 0.930. The number of aromatic nitrogens is 1. The van der Waals surface area contributed by atoms with Gasteiger partial charge in [0.05, 0.1) is 10.2 Å². The molecule has 0 saturated carbocycles. The Kier molecular flexibility index (Phi) is 4.01. The van der Waals surface area contributed by atoms with Crippen molar-refractivity contribution in [1.29, 1.82) is 0 Å². The van der Waals surface area contributed by atoms with Crippen molar-refractivity contribution in [3.8, 4) is 0 Å². The van der Waals surface area contributed by atoms with Gasteiger partial charge in [-0.05, 0) is 24.3 Å². The maximum absolute atomic E-state index is 4.56. The second-order valence-corrected chi connectivity index (χ2v) is 6.27. The third-order valence-corrected chi connectivity index (χ3v) is 4.69. The Morgan fingerprint density at radius 3 is 2.63 bits per heavy atom. The zero-order valence-electron chi connectivity index (χ0n) is 10.4. The van der Waals surface area contributed by atoms with Crippen LogP contribution in [0.4, 0.5) is 5.13 Å². The van der Waals surface area contributed by atoms with E-state index in [-0.39, 0.29) is 0 Å². The summed E-state index contributed by atoms with van der Waals surface area (Å²) >= 11 is 3.57. The van der Waals surface area contributed by atoms with Crippen molar-refractivity contribution in [1.82, 2.24) is 4.98 Å². The van der Waals surface area contributed by atoms with Gasteiger partial charge in [-0.15, -0.1) is 11.8 Å². The molecule has 4 heteroatoms. The van der Waals surface area contributed by atoms with Crippen molar-refractivity contribution in [2.45, 2.75) is 4.90 Å². The van der Waals surface area contributed by atoms with Crippen molar-refractivity contribution < 1.29 is 0 Å². The van der Waals surface area contributed by atoms with Gasteiger partial charge in [0.15, 0.2) is 5.13 Å². The molecular formula is C15H14N2S2. The van der Waals surface area contributed by atoms with E-state index in [0.29, 0.717) is 0 Å². The van der Waals surface area contributed by atoms with Gasteiger partial charge in [-0.3, -0.25) is 0 Å². The predicted octanol–water partition coefficient (Wildman–Crippen LogP) is 4.50. The molecule has 2 aromatic carbocycles. The zero-order chi connectivity index (χ0) is 12.9. The average molecular weight is 286 g/mol. The second-order valence-electron chi connectivity index (χ2n) is 4.08. The maximum atomic E-state index is 4.56. The molecule has 0 aliphatic rings. The SMILES string of the molecule is c1ccc(SCCNc2nc3ccccc3s2)cc1. The van der Waals surface area contributed by atoms with E-state index in [9.17, 15) is 0 Å². The lowest BCUT2D eigenvalue weighted by molar-refractivity contribution is 1.21. The fourth-order valence-corrected chi connectivity index (χ4v) is 3.47. The second kappa shape index (κ2) is 6.08. The summed E-state index contributed by atoms with van der Waals surface area (Å²) in [6, 6.07) is 18.7. The molecule has 0 saturated heterocycles. The van der Waals surface area contributed by atoms with Crippen LogP contribution in [-0.2, 0) is 0 Å². The van der Waals surface area contributed by atoms with Crippen molar-refractivity contribution in [3.63, 3.8) is 0 Å². The topological polar surface area (TPSA) is 24.9 Å². The molecule has 96 valence electrons. The quantitative estimate of drug-likeness (QED) is 0.552. The van der Waals surface area contributed by atoms with Crippen LogP contribution in [0.25, 0.3) is 10.2 Å². The third-order valence-electron chi connectivity index (χ3n) is 2.68. The highest BCUT2D eigenvalue weighted by Crippen LogP contribution is 2.25. The molecule has 0 aliphatic heterocycles. The van der Waals surface area contributed by atoms with E-state index in [0.717, 1.165) is 22.9 Å². The number of hydrogen-bond acceptors (Lipinski definition) is 4. The molecule has 2 nitrogen and oxygen atoms in total. The summed E-state index contributed by atoms with van der Waals surface area (Å²) in [4.78, 5) is 5.87. The van der Waals surface area contributed by atoms with Crippen LogP contribution in [0.2, 0.25) is 0 Å². The molecule has 0 spiro atoms. The van der Waals surface area contributed by atoms with Gasteiger partial charge in [0.25, 0.3) is 0 Å². The minimum absolute atomic E-state index is 0.930. The maximum Gasteiger partial charge on any atom is 0.183 e. The number of rotatable bonds is 5. The first-order valence-corrected chi connectivity index (χ1v) is 7.99. The highest BCUT2D eigenvalue weighted by atomic mass is 32.2. The minimum atomic E-state index is 0.930. The number of fused-ring (bicyclic) bond motifs is 1. The molecule has 3 aromatic rings. The first-order chi connectivity index (χ1) is 9.42. The number of para-hydroxylation sites is 1. The minimum Gasteiger partial charge on any atom is -0.361 e. The van der Waals surface area contributed by atoms with Gasteiger partial charge in [-0.25, -0.2) is 4.98 Å². The molecule has 1 N–H and O–H groups in total. The fourth-order valence-electron chi connectivity index (χ4n) is 1.79. The van der Waals surface area contributed by atoms with Crippen LogP contribution in [0, 0.1) is 0 Å². The molecule has 0 aliphatic carbocycles. The van der Waals surface area contributed by atoms with Crippen molar-refractivity contribution in [2.75, 3.05) is 17.6 Å². The number of anilines is 1. The molecular weight excluding hydrogens is 272 g/mol. The zero-order valence-corrected chi connectivity index (χ0v) is 12.0. The summed E-state index contributed by atoms with van der Waals surface area (Å²) in [7, 11) is 0. The summed E-state index contributed by atoms with van der Waals surface area (Å²) in [6.07, 6.45) is 0. The predicted molar refractivity (Wildman–Crippen MR) is 85.3 cm³/mol. The Morgan fingerprint density at radius 2 is 1.79 bits per heavy atom. The molecule has 1 heterocycles. The smallest absolute Gasteiger partial charge is 0.183 e. The highest BCUT2D eigenvalue weighted by molar-refractivity contribution is 7.99. The normalized spacial score (nSPS) is 10.7. The van der Waals surface area contributed by atoms with Crippen molar-refractivity contribution in [2.24, 2.45) is 0 Å². The molecule has 0 atom stereocenters. The lowest BCUT2D eigenvalue weighted by Crippen LogP contribution is -2.03. The van der Waals surface area contributed by atoms with Crippen LogP contribution in [0.1, 0.15) is 0 Å². The van der Waals surface area contributed by atoms with Crippen LogP contribution in [0.15, 0.2) is 59.5 Å². The van der Waals surface area contributed by atoms with E-state index >= 15 is 0 Å². The van der Waals surface area contributed by atoms with Gasteiger partial charge in [0.1, 0.15) is 0 Å². The largest absolute Gasteiger partial charge is 0.361 e. The number of thioether (sulfide) groups is 1. The molecule has 3 rings (SSSR count). The lowest BCUT2D eigenvalue weighted by Gasteiger charge is -2.02. The van der Waals surface area contributed by atoms with Crippen LogP contribution >= 0.6 is 23.1 Å².